The summed E-state index contributed by atoms with van der Waals surface area (Å²) in [7, 11) is -2.51. The molecule has 0 bridgehead atoms. The molecule has 2 N–H and O–H groups in total. The zero-order valence-corrected chi connectivity index (χ0v) is 19.7. The predicted octanol–water partition coefficient (Wildman–Crippen LogP) is 4.22. The van der Waals surface area contributed by atoms with E-state index in [0.29, 0.717) is 28.0 Å². The number of nitrogens with one attached hydrogen (secondary N) is 2. The van der Waals surface area contributed by atoms with Crippen molar-refractivity contribution in [1.82, 2.24) is 4.57 Å². The summed E-state index contributed by atoms with van der Waals surface area (Å²) in [4.78, 5) is 24.3. The van der Waals surface area contributed by atoms with Gasteiger partial charge >= 0.3 is 0 Å². The number of hydrogen-bond donors (Lipinski definition) is 2. The standard InChI is InChI=1S/C25H22FN3O5S/c1-16(30)27-18-9-12-23(34-2)21(13-18)28-25(31)15-29-14-24(20-5-3-4-6-22(20)29)35(32,33)19-10-7-17(26)8-11-19/h3-14H,15H2,1-2H3,(H,27,30)(H,28,31). The molecule has 4 rings (SSSR count). The molecule has 0 fully saturated rings. The van der Waals surface area contributed by atoms with Crippen molar-refractivity contribution in [3.05, 3.63) is 78.7 Å². The van der Waals surface area contributed by atoms with Crippen LogP contribution in [0.15, 0.2) is 82.7 Å². The monoisotopic (exact) mass is 495 g/mol. The molecule has 4 aromatic rings. The number of sulfone groups is 1. The average Bonchev–Trinajstić information content (AvgIpc) is 3.18. The Morgan fingerprint density at radius 2 is 1.71 bits per heavy atom. The molecule has 0 unspecified atom stereocenters. The van der Waals surface area contributed by atoms with Gasteiger partial charge < -0.3 is 19.9 Å². The Balaban J connectivity index is 1.66. The van der Waals surface area contributed by atoms with Gasteiger partial charge in [0.05, 0.1) is 22.6 Å². The summed E-state index contributed by atoms with van der Waals surface area (Å²) >= 11 is 0. The molecule has 1 aromatic heterocycles. The molecule has 0 saturated heterocycles. The van der Waals surface area contributed by atoms with Gasteiger partial charge in [0, 0.05) is 29.7 Å². The zero-order valence-electron chi connectivity index (χ0n) is 18.9. The fraction of sp³-hybridized carbons (Fsp3) is 0.120. The Bertz CT molecular complexity index is 1530. The molecule has 0 aliphatic carbocycles. The minimum atomic E-state index is -3.96. The Morgan fingerprint density at radius 3 is 2.40 bits per heavy atom. The van der Waals surface area contributed by atoms with Gasteiger partial charge in [-0.05, 0) is 48.5 Å². The molecule has 0 spiro atoms. The highest BCUT2D eigenvalue weighted by molar-refractivity contribution is 7.91. The number of para-hydroxylation sites is 1. The number of carbonyl (C=O) groups excluding carboxylic acids is 2. The lowest BCUT2D eigenvalue weighted by atomic mass is 10.2. The first-order valence-corrected chi connectivity index (χ1v) is 12.0. The van der Waals surface area contributed by atoms with Crippen LogP contribution < -0.4 is 15.4 Å². The Morgan fingerprint density at radius 1 is 1.00 bits per heavy atom. The third kappa shape index (κ3) is 5.02. The maximum atomic E-state index is 13.3. The summed E-state index contributed by atoms with van der Waals surface area (Å²) in [5.41, 5.74) is 1.37. The predicted molar refractivity (Wildman–Crippen MR) is 130 cm³/mol. The van der Waals surface area contributed by atoms with E-state index in [4.69, 9.17) is 4.74 Å². The van der Waals surface area contributed by atoms with E-state index in [1.807, 2.05) is 0 Å². The maximum absolute atomic E-state index is 13.3. The van der Waals surface area contributed by atoms with E-state index < -0.39 is 21.6 Å². The third-order valence-corrected chi connectivity index (χ3v) is 7.07. The van der Waals surface area contributed by atoms with Gasteiger partial charge in [-0.1, -0.05) is 18.2 Å². The lowest BCUT2D eigenvalue weighted by Crippen LogP contribution is -2.19. The van der Waals surface area contributed by atoms with E-state index >= 15 is 0 Å². The van der Waals surface area contributed by atoms with Crippen molar-refractivity contribution < 1.29 is 27.1 Å². The topological polar surface area (TPSA) is 106 Å². The number of aromatic nitrogens is 1. The van der Waals surface area contributed by atoms with Crippen molar-refractivity contribution in [2.24, 2.45) is 0 Å². The highest BCUT2D eigenvalue weighted by Crippen LogP contribution is 2.31. The van der Waals surface area contributed by atoms with Gasteiger partial charge in [0.25, 0.3) is 0 Å². The minimum absolute atomic E-state index is 0.0118. The number of carbonyl (C=O) groups is 2. The van der Waals surface area contributed by atoms with Gasteiger partial charge in [-0.25, -0.2) is 12.8 Å². The number of amides is 2. The van der Waals surface area contributed by atoms with E-state index in [0.717, 1.165) is 12.1 Å². The van der Waals surface area contributed by atoms with Crippen LogP contribution in [0.4, 0.5) is 15.8 Å². The molecule has 180 valence electrons. The number of fused-ring (bicyclic) bond motifs is 1. The number of hydrogen-bond acceptors (Lipinski definition) is 5. The van der Waals surface area contributed by atoms with Crippen molar-refractivity contribution in [3.8, 4) is 5.75 Å². The second kappa shape index (κ2) is 9.59. The number of halogens is 1. The van der Waals surface area contributed by atoms with Crippen molar-refractivity contribution in [3.63, 3.8) is 0 Å². The molecule has 8 nitrogen and oxygen atoms in total. The first kappa shape index (κ1) is 24.0. The normalized spacial score (nSPS) is 11.3. The highest BCUT2D eigenvalue weighted by atomic mass is 32.2. The largest absolute Gasteiger partial charge is 0.495 e. The number of ether oxygens (including phenoxy) is 1. The maximum Gasteiger partial charge on any atom is 0.244 e. The van der Waals surface area contributed by atoms with Gasteiger partial charge in [-0.2, -0.15) is 0 Å². The summed E-state index contributed by atoms with van der Waals surface area (Å²) < 4.78 is 46.7. The fourth-order valence-electron chi connectivity index (χ4n) is 3.73. The minimum Gasteiger partial charge on any atom is -0.495 e. The molecule has 3 aromatic carbocycles. The lowest BCUT2D eigenvalue weighted by molar-refractivity contribution is -0.116. The Hall–Kier alpha value is -4.18. The number of rotatable bonds is 7. The summed E-state index contributed by atoms with van der Waals surface area (Å²) in [6.07, 6.45) is 1.40. The van der Waals surface area contributed by atoms with Crippen LogP contribution in [0.2, 0.25) is 0 Å². The van der Waals surface area contributed by atoms with Crippen LogP contribution in [-0.4, -0.2) is 31.9 Å². The van der Waals surface area contributed by atoms with Crippen LogP contribution in [-0.2, 0) is 26.0 Å². The Labute approximate surface area is 201 Å². The SMILES string of the molecule is COc1ccc(NC(C)=O)cc1NC(=O)Cn1cc(S(=O)(=O)c2ccc(F)cc2)c2ccccc21. The van der Waals surface area contributed by atoms with Crippen molar-refractivity contribution in [2.45, 2.75) is 23.3 Å². The van der Waals surface area contributed by atoms with Gasteiger partial charge in [0.2, 0.25) is 21.7 Å². The molecular formula is C25H22FN3O5S. The first-order valence-electron chi connectivity index (χ1n) is 10.5. The first-order chi connectivity index (χ1) is 16.7. The average molecular weight is 496 g/mol. The fourth-order valence-corrected chi connectivity index (χ4v) is 5.21. The van der Waals surface area contributed by atoms with Crippen LogP contribution in [0.1, 0.15) is 6.92 Å². The van der Waals surface area contributed by atoms with E-state index in [1.54, 1.807) is 42.5 Å². The molecule has 1 heterocycles. The van der Waals surface area contributed by atoms with Crippen molar-refractivity contribution in [2.75, 3.05) is 17.7 Å². The molecular weight excluding hydrogens is 473 g/mol. The number of methoxy groups -OCH3 is 1. The molecule has 0 atom stereocenters. The lowest BCUT2D eigenvalue weighted by Gasteiger charge is -2.13. The van der Waals surface area contributed by atoms with Gasteiger partial charge in [0.1, 0.15) is 18.1 Å². The van der Waals surface area contributed by atoms with Crippen LogP contribution >= 0.6 is 0 Å². The second-order valence-electron chi connectivity index (χ2n) is 7.74. The van der Waals surface area contributed by atoms with Crippen molar-refractivity contribution >= 4 is 43.9 Å². The molecule has 0 aliphatic rings. The molecule has 10 heteroatoms. The Kier molecular flexibility index (Phi) is 6.57. The number of anilines is 2. The van der Waals surface area contributed by atoms with Gasteiger partial charge in [-0.3, -0.25) is 9.59 Å². The van der Waals surface area contributed by atoms with Crippen LogP contribution in [0.3, 0.4) is 0 Å². The van der Waals surface area contributed by atoms with Crippen molar-refractivity contribution in [1.29, 1.82) is 0 Å². The van der Waals surface area contributed by atoms with E-state index in [2.05, 4.69) is 10.6 Å². The number of nitrogens with zero attached hydrogens (tertiary/aromatic N) is 1. The molecule has 35 heavy (non-hydrogen) atoms. The summed E-state index contributed by atoms with van der Waals surface area (Å²) in [6.45, 7) is 1.18. The summed E-state index contributed by atoms with van der Waals surface area (Å²) in [6, 6.07) is 16.2. The van der Waals surface area contributed by atoms with E-state index in [1.165, 1.54) is 36.9 Å². The molecule has 2 amide bonds. The smallest absolute Gasteiger partial charge is 0.244 e. The summed E-state index contributed by atoms with van der Waals surface area (Å²) in [5.74, 6) is -0.846. The summed E-state index contributed by atoms with van der Waals surface area (Å²) in [5, 5.41) is 5.83. The van der Waals surface area contributed by atoms with Crippen LogP contribution in [0.5, 0.6) is 5.75 Å². The molecule has 0 saturated carbocycles. The van der Waals surface area contributed by atoms with Gasteiger partial charge in [-0.15, -0.1) is 0 Å². The molecule has 0 radical (unpaired) electrons. The highest BCUT2D eigenvalue weighted by Gasteiger charge is 2.24. The second-order valence-corrected chi connectivity index (χ2v) is 9.66. The quantitative estimate of drug-likeness (QED) is 0.374. The van der Waals surface area contributed by atoms with E-state index in [9.17, 15) is 22.4 Å². The zero-order chi connectivity index (χ0) is 25.2. The third-order valence-electron chi connectivity index (χ3n) is 5.27. The van der Waals surface area contributed by atoms with Crippen LogP contribution in [0.25, 0.3) is 10.9 Å². The molecule has 0 aliphatic heterocycles. The van der Waals surface area contributed by atoms with Gasteiger partial charge in [0.15, 0.2) is 0 Å². The number of benzene rings is 3. The van der Waals surface area contributed by atoms with E-state index in [-0.39, 0.29) is 22.2 Å². The van der Waals surface area contributed by atoms with Crippen LogP contribution in [0, 0.1) is 5.82 Å².